The van der Waals surface area contributed by atoms with Crippen LogP contribution in [0.5, 0.6) is 0 Å². The number of hydrogen-bond donors (Lipinski definition) is 1. The molecule has 1 aliphatic carbocycles. The minimum atomic E-state index is 0.318. The third-order valence-electron chi connectivity index (χ3n) is 4.41. The Labute approximate surface area is 124 Å². The number of hydrogen-bond acceptors (Lipinski definition) is 4. The van der Waals surface area contributed by atoms with Gasteiger partial charge in [0, 0.05) is 38.4 Å². The minimum Gasteiger partial charge on any atom is -0.374 e. The summed E-state index contributed by atoms with van der Waals surface area (Å²) in [5, 5.41) is 3.52. The number of ether oxygens (including phenoxy) is 1. The zero-order valence-corrected chi connectivity index (χ0v) is 12.2. The van der Waals surface area contributed by atoms with E-state index in [9.17, 15) is 0 Å². The Morgan fingerprint density at radius 1 is 1.33 bits per heavy atom. The molecule has 0 spiro atoms. The maximum absolute atomic E-state index is 5.87. The molecule has 2 aromatic rings. The molecule has 0 radical (unpaired) electrons. The summed E-state index contributed by atoms with van der Waals surface area (Å²) in [6.45, 7) is 4.79. The maximum Gasteiger partial charge on any atom is 0.136 e. The van der Waals surface area contributed by atoms with Crippen LogP contribution in [0.25, 0.3) is 5.65 Å². The second-order valence-corrected chi connectivity index (χ2v) is 6.03. The quantitative estimate of drug-likeness (QED) is 0.899. The molecule has 2 fully saturated rings. The molecule has 1 aliphatic heterocycles. The van der Waals surface area contributed by atoms with Gasteiger partial charge in [-0.1, -0.05) is 6.07 Å². The fourth-order valence-electron chi connectivity index (χ4n) is 3.11. The lowest BCUT2D eigenvalue weighted by Crippen LogP contribution is -2.47. The van der Waals surface area contributed by atoms with Crippen molar-refractivity contribution in [3.05, 3.63) is 36.3 Å². The van der Waals surface area contributed by atoms with E-state index in [1.807, 2.05) is 24.4 Å². The number of morpholine rings is 1. The van der Waals surface area contributed by atoms with Crippen molar-refractivity contribution < 1.29 is 4.74 Å². The summed E-state index contributed by atoms with van der Waals surface area (Å²) in [7, 11) is 0. The van der Waals surface area contributed by atoms with Crippen molar-refractivity contribution in [3.8, 4) is 0 Å². The van der Waals surface area contributed by atoms with Gasteiger partial charge in [-0.2, -0.15) is 0 Å². The van der Waals surface area contributed by atoms with E-state index in [0.29, 0.717) is 6.10 Å². The Kier molecular flexibility index (Phi) is 3.63. The minimum absolute atomic E-state index is 0.318. The van der Waals surface area contributed by atoms with E-state index in [-0.39, 0.29) is 0 Å². The molecule has 2 aliphatic rings. The first kappa shape index (κ1) is 13.2. The highest BCUT2D eigenvalue weighted by Gasteiger charge is 2.32. The molecular weight excluding hydrogens is 264 g/mol. The molecule has 21 heavy (non-hydrogen) atoms. The number of fused-ring (bicyclic) bond motifs is 1. The smallest absolute Gasteiger partial charge is 0.136 e. The van der Waals surface area contributed by atoms with Crippen molar-refractivity contribution in [2.75, 3.05) is 26.2 Å². The molecule has 1 unspecified atom stereocenters. The average Bonchev–Trinajstić information content (AvgIpc) is 3.30. The highest BCUT2D eigenvalue weighted by Crippen LogP contribution is 2.28. The molecule has 0 aromatic carbocycles. The van der Waals surface area contributed by atoms with E-state index >= 15 is 0 Å². The van der Waals surface area contributed by atoms with Crippen LogP contribution in [0, 0.1) is 0 Å². The topological polar surface area (TPSA) is 41.8 Å². The van der Waals surface area contributed by atoms with Gasteiger partial charge < -0.3 is 14.5 Å². The molecule has 112 valence electrons. The number of pyridine rings is 1. The molecule has 1 saturated carbocycles. The first-order chi connectivity index (χ1) is 10.4. The third kappa shape index (κ3) is 2.95. The van der Waals surface area contributed by atoms with Gasteiger partial charge in [-0.25, -0.2) is 4.98 Å². The zero-order valence-electron chi connectivity index (χ0n) is 12.2. The van der Waals surface area contributed by atoms with E-state index in [4.69, 9.17) is 4.74 Å². The van der Waals surface area contributed by atoms with Crippen LogP contribution >= 0.6 is 0 Å². The fraction of sp³-hybridized carbons (Fsp3) is 0.562. The van der Waals surface area contributed by atoms with E-state index in [2.05, 4.69) is 25.8 Å². The average molecular weight is 286 g/mol. The molecule has 1 saturated heterocycles. The normalized spacial score (nSPS) is 23.7. The van der Waals surface area contributed by atoms with Crippen molar-refractivity contribution in [2.45, 2.75) is 31.5 Å². The van der Waals surface area contributed by atoms with Crippen molar-refractivity contribution in [1.29, 1.82) is 0 Å². The number of aromatic nitrogens is 2. The van der Waals surface area contributed by atoms with Gasteiger partial charge >= 0.3 is 0 Å². The number of imidazole rings is 1. The Balaban J connectivity index is 1.30. The molecule has 1 atom stereocenters. The Bertz CT molecular complexity index is 607. The van der Waals surface area contributed by atoms with E-state index in [0.717, 1.165) is 44.5 Å². The summed E-state index contributed by atoms with van der Waals surface area (Å²) >= 11 is 0. The summed E-state index contributed by atoms with van der Waals surface area (Å²) in [6.07, 6.45) is 7.08. The Hall–Kier alpha value is -1.43. The summed E-state index contributed by atoms with van der Waals surface area (Å²) < 4.78 is 8.00. The monoisotopic (exact) mass is 286 g/mol. The number of rotatable bonds is 5. The predicted molar refractivity (Wildman–Crippen MR) is 81.2 cm³/mol. The lowest BCUT2D eigenvalue weighted by molar-refractivity contribution is -0.0301. The molecule has 5 nitrogen and oxygen atoms in total. The van der Waals surface area contributed by atoms with Crippen LogP contribution in [0.15, 0.2) is 30.6 Å². The van der Waals surface area contributed by atoms with Crippen LogP contribution in [0.2, 0.25) is 0 Å². The second-order valence-electron chi connectivity index (χ2n) is 6.03. The molecule has 0 amide bonds. The Morgan fingerprint density at radius 3 is 3.19 bits per heavy atom. The van der Waals surface area contributed by atoms with Crippen LogP contribution < -0.4 is 5.32 Å². The fourth-order valence-corrected chi connectivity index (χ4v) is 3.11. The molecule has 5 heteroatoms. The zero-order chi connectivity index (χ0) is 14.1. The lowest BCUT2D eigenvalue weighted by Gasteiger charge is -2.33. The first-order valence-corrected chi connectivity index (χ1v) is 7.87. The van der Waals surface area contributed by atoms with Gasteiger partial charge in [0.25, 0.3) is 0 Å². The van der Waals surface area contributed by atoms with Crippen molar-refractivity contribution in [3.63, 3.8) is 0 Å². The lowest BCUT2D eigenvalue weighted by atomic mass is 10.2. The summed E-state index contributed by atoms with van der Waals surface area (Å²) in [4.78, 5) is 7.00. The van der Waals surface area contributed by atoms with Crippen LogP contribution in [-0.4, -0.2) is 52.7 Å². The van der Waals surface area contributed by atoms with Gasteiger partial charge in [-0.3, -0.25) is 4.90 Å². The van der Waals surface area contributed by atoms with Gasteiger partial charge in [0.2, 0.25) is 0 Å². The molecule has 2 aromatic heterocycles. The van der Waals surface area contributed by atoms with Gasteiger partial charge in [0.05, 0.1) is 24.6 Å². The van der Waals surface area contributed by atoms with Crippen LogP contribution in [0.3, 0.4) is 0 Å². The molecule has 0 bridgehead atoms. The third-order valence-corrected chi connectivity index (χ3v) is 4.41. The highest BCUT2D eigenvalue weighted by atomic mass is 16.5. The maximum atomic E-state index is 5.87. The SMILES string of the molecule is c1ccn2c(CNCC3CN(C4CC4)CCO3)cnc2c1. The molecule has 3 heterocycles. The van der Waals surface area contributed by atoms with Crippen molar-refractivity contribution >= 4 is 5.65 Å². The summed E-state index contributed by atoms with van der Waals surface area (Å²) in [5.74, 6) is 0. The largest absolute Gasteiger partial charge is 0.374 e. The van der Waals surface area contributed by atoms with Gasteiger partial charge in [-0.15, -0.1) is 0 Å². The number of nitrogens with zero attached hydrogens (tertiary/aromatic N) is 3. The van der Waals surface area contributed by atoms with E-state index < -0.39 is 0 Å². The molecule has 1 N–H and O–H groups in total. The van der Waals surface area contributed by atoms with Crippen LogP contribution in [-0.2, 0) is 11.3 Å². The van der Waals surface area contributed by atoms with Crippen molar-refractivity contribution in [2.24, 2.45) is 0 Å². The predicted octanol–water partition coefficient (Wildman–Crippen LogP) is 1.29. The standard InChI is InChI=1S/C16H22N4O/c1-2-6-20-14(10-18-16(20)3-1)9-17-11-15-12-19(7-8-21-15)13-4-5-13/h1-3,6,10,13,15,17H,4-5,7-9,11-12H2. The van der Waals surface area contributed by atoms with Gasteiger partial charge in [0.15, 0.2) is 0 Å². The highest BCUT2D eigenvalue weighted by molar-refractivity contribution is 5.39. The second kappa shape index (κ2) is 5.75. The van der Waals surface area contributed by atoms with Crippen molar-refractivity contribution in [1.82, 2.24) is 19.6 Å². The van der Waals surface area contributed by atoms with Crippen LogP contribution in [0.1, 0.15) is 18.5 Å². The number of nitrogens with one attached hydrogen (secondary N) is 1. The van der Waals surface area contributed by atoms with E-state index in [1.165, 1.54) is 18.5 Å². The van der Waals surface area contributed by atoms with Gasteiger partial charge in [0.1, 0.15) is 5.65 Å². The Morgan fingerprint density at radius 2 is 2.29 bits per heavy atom. The molecular formula is C16H22N4O. The van der Waals surface area contributed by atoms with Gasteiger partial charge in [-0.05, 0) is 25.0 Å². The molecule has 4 rings (SSSR count). The van der Waals surface area contributed by atoms with E-state index in [1.54, 1.807) is 0 Å². The summed E-state index contributed by atoms with van der Waals surface area (Å²) in [6, 6.07) is 6.93. The summed E-state index contributed by atoms with van der Waals surface area (Å²) in [5.41, 5.74) is 2.20. The first-order valence-electron chi connectivity index (χ1n) is 7.87. The van der Waals surface area contributed by atoms with Crippen LogP contribution in [0.4, 0.5) is 0 Å².